The summed E-state index contributed by atoms with van der Waals surface area (Å²) in [6.45, 7) is 0. The minimum Gasteiger partial charge on any atom is -0.0616 e. The van der Waals surface area contributed by atoms with Crippen molar-refractivity contribution in [3.8, 4) is 55.6 Å². The molecule has 2 aliphatic carbocycles. The van der Waals surface area contributed by atoms with E-state index < -0.39 is 0 Å². The van der Waals surface area contributed by atoms with Crippen molar-refractivity contribution < 1.29 is 0 Å². The zero-order valence-corrected chi connectivity index (χ0v) is 28.3. The van der Waals surface area contributed by atoms with Crippen LogP contribution in [0, 0.1) is 0 Å². The third-order valence-electron chi connectivity index (χ3n) is 11.8. The Kier molecular flexibility index (Phi) is 5.59. The minimum atomic E-state index is 1.29. The number of benzene rings is 11. The van der Waals surface area contributed by atoms with Crippen LogP contribution < -0.4 is 0 Å². The van der Waals surface area contributed by atoms with Crippen LogP contribution in [-0.2, 0) is 0 Å². The molecule has 11 aromatic carbocycles. The van der Waals surface area contributed by atoms with Crippen molar-refractivity contribution in [2.24, 2.45) is 0 Å². The number of rotatable bonds is 1. The molecule has 0 atom stereocenters. The van der Waals surface area contributed by atoms with Crippen LogP contribution in [0.15, 0.2) is 182 Å². The first kappa shape index (κ1) is 28.0. The largest absolute Gasteiger partial charge is 0.0616 e. The zero-order valence-electron chi connectivity index (χ0n) is 28.3. The Bertz CT molecular complexity index is 3150. The molecule has 0 aromatic heterocycles. The summed E-state index contributed by atoms with van der Waals surface area (Å²) in [6, 6.07) is 66.8. The lowest BCUT2D eigenvalue weighted by molar-refractivity contribution is 1.69. The van der Waals surface area contributed by atoms with Gasteiger partial charge in [-0.05, 0) is 120 Å². The molecule has 52 heavy (non-hydrogen) atoms. The summed E-state index contributed by atoms with van der Waals surface area (Å²) in [5.74, 6) is 0. The lowest BCUT2D eigenvalue weighted by Gasteiger charge is -2.15. The highest BCUT2D eigenvalue weighted by Gasteiger charge is 2.25. The fourth-order valence-corrected chi connectivity index (χ4v) is 9.64. The van der Waals surface area contributed by atoms with E-state index >= 15 is 0 Å². The molecule has 13 rings (SSSR count). The van der Waals surface area contributed by atoms with Crippen molar-refractivity contribution >= 4 is 64.6 Å². The molecule has 0 fully saturated rings. The molecule has 0 bridgehead atoms. The van der Waals surface area contributed by atoms with E-state index in [4.69, 9.17) is 0 Å². The highest BCUT2D eigenvalue weighted by atomic mass is 14.3. The lowest BCUT2D eigenvalue weighted by atomic mass is 9.88. The second kappa shape index (κ2) is 10.4. The maximum absolute atomic E-state index is 2.33. The summed E-state index contributed by atoms with van der Waals surface area (Å²) >= 11 is 0. The molecule has 0 aliphatic heterocycles. The number of fused-ring (bicyclic) bond motifs is 9. The second-order valence-corrected chi connectivity index (χ2v) is 14.3. The van der Waals surface area contributed by atoms with Crippen LogP contribution in [0.5, 0.6) is 0 Å². The molecule has 11 aromatic rings. The molecule has 0 N–H and O–H groups in total. The molecule has 0 saturated carbocycles. The SMILES string of the molecule is c1ccc2c(c1)-c1ccc3c4cccc5cccc(c6ccc-2c1c36)c54.c1ccc2c(c1)-c1cccc3c(-c4cccc5ccccc45)ccc-2c13. The monoisotopic (exact) mass is 654 g/mol. The van der Waals surface area contributed by atoms with Crippen LogP contribution in [0.3, 0.4) is 0 Å². The lowest BCUT2D eigenvalue weighted by Crippen LogP contribution is -1.87. The highest BCUT2D eigenvalue weighted by molar-refractivity contribution is 6.37. The Hall–Kier alpha value is -6.76. The van der Waals surface area contributed by atoms with Gasteiger partial charge in [-0.25, -0.2) is 0 Å². The van der Waals surface area contributed by atoms with Gasteiger partial charge in [-0.1, -0.05) is 182 Å². The molecule has 0 radical (unpaired) electrons. The predicted octanol–water partition coefficient (Wildman–Crippen LogP) is 14.7. The van der Waals surface area contributed by atoms with Crippen LogP contribution in [0.4, 0.5) is 0 Å². The average molecular weight is 655 g/mol. The van der Waals surface area contributed by atoms with Crippen LogP contribution >= 0.6 is 0 Å². The van der Waals surface area contributed by atoms with Crippen LogP contribution in [-0.4, -0.2) is 0 Å². The van der Waals surface area contributed by atoms with E-state index in [1.165, 1.54) is 120 Å². The van der Waals surface area contributed by atoms with Crippen molar-refractivity contribution in [1.82, 2.24) is 0 Å². The van der Waals surface area contributed by atoms with Crippen molar-refractivity contribution in [2.45, 2.75) is 0 Å². The molecule has 2 aliphatic rings. The fourth-order valence-electron chi connectivity index (χ4n) is 9.64. The molecule has 0 amide bonds. The molecule has 0 nitrogen and oxygen atoms in total. The van der Waals surface area contributed by atoms with Crippen molar-refractivity contribution in [3.05, 3.63) is 182 Å². The molecular formula is C52H30. The minimum absolute atomic E-state index is 1.29. The van der Waals surface area contributed by atoms with Gasteiger partial charge in [0.05, 0.1) is 0 Å². The Morgan fingerprint density at radius 3 is 1.19 bits per heavy atom. The van der Waals surface area contributed by atoms with Crippen molar-refractivity contribution in [2.75, 3.05) is 0 Å². The first-order chi connectivity index (χ1) is 25.8. The van der Waals surface area contributed by atoms with Crippen molar-refractivity contribution in [1.29, 1.82) is 0 Å². The van der Waals surface area contributed by atoms with Crippen LogP contribution in [0.2, 0.25) is 0 Å². The van der Waals surface area contributed by atoms with E-state index in [0.717, 1.165) is 0 Å². The van der Waals surface area contributed by atoms with Gasteiger partial charge in [0.2, 0.25) is 0 Å². The Balaban J connectivity index is 0.000000117. The normalized spacial score (nSPS) is 12.2. The summed E-state index contributed by atoms with van der Waals surface area (Å²) in [5.41, 5.74) is 13.5. The van der Waals surface area contributed by atoms with Crippen LogP contribution in [0.25, 0.3) is 120 Å². The van der Waals surface area contributed by atoms with Gasteiger partial charge in [-0.15, -0.1) is 0 Å². The highest BCUT2D eigenvalue weighted by Crippen LogP contribution is 2.52. The molecule has 0 unspecified atom stereocenters. The fraction of sp³-hybridized carbons (Fsp3) is 0. The number of hydrogen-bond donors (Lipinski definition) is 0. The van der Waals surface area contributed by atoms with Crippen LogP contribution in [0.1, 0.15) is 0 Å². The quantitative estimate of drug-likeness (QED) is 0.122. The maximum Gasteiger partial charge on any atom is -0.00139 e. The van der Waals surface area contributed by atoms with E-state index in [2.05, 4.69) is 182 Å². The Morgan fingerprint density at radius 2 is 0.519 bits per heavy atom. The van der Waals surface area contributed by atoms with E-state index in [1.807, 2.05) is 0 Å². The predicted molar refractivity (Wildman–Crippen MR) is 223 cm³/mol. The molecule has 0 spiro atoms. The van der Waals surface area contributed by atoms with Gasteiger partial charge in [-0.3, -0.25) is 0 Å². The smallest absolute Gasteiger partial charge is 0.00139 e. The van der Waals surface area contributed by atoms with Gasteiger partial charge in [0, 0.05) is 0 Å². The van der Waals surface area contributed by atoms with Gasteiger partial charge in [0.25, 0.3) is 0 Å². The Labute approximate surface area is 301 Å². The zero-order chi connectivity index (χ0) is 33.9. The second-order valence-electron chi connectivity index (χ2n) is 14.3. The van der Waals surface area contributed by atoms with Gasteiger partial charge in [0.1, 0.15) is 0 Å². The van der Waals surface area contributed by atoms with Crippen molar-refractivity contribution in [3.63, 3.8) is 0 Å². The molecule has 0 heterocycles. The summed E-state index contributed by atoms with van der Waals surface area (Å²) in [7, 11) is 0. The van der Waals surface area contributed by atoms with Gasteiger partial charge >= 0.3 is 0 Å². The summed E-state index contributed by atoms with van der Waals surface area (Å²) in [6.07, 6.45) is 0. The van der Waals surface area contributed by atoms with E-state index in [-0.39, 0.29) is 0 Å². The summed E-state index contributed by atoms with van der Waals surface area (Å²) in [4.78, 5) is 0. The van der Waals surface area contributed by atoms with E-state index in [0.29, 0.717) is 0 Å². The maximum atomic E-state index is 2.33. The van der Waals surface area contributed by atoms with E-state index in [1.54, 1.807) is 0 Å². The number of hydrogen-bond acceptors (Lipinski definition) is 0. The van der Waals surface area contributed by atoms with Gasteiger partial charge in [-0.2, -0.15) is 0 Å². The topological polar surface area (TPSA) is 0 Å². The van der Waals surface area contributed by atoms with Gasteiger partial charge in [0.15, 0.2) is 0 Å². The average Bonchev–Trinajstić information content (AvgIpc) is 3.73. The molecule has 0 saturated heterocycles. The molecule has 238 valence electrons. The van der Waals surface area contributed by atoms with E-state index in [9.17, 15) is 0 Å². The van der Waals surface area contributed by atoms with Gasteiger partial charge < -0.3 is 0 Å². The molecule has 0 heteroatoms. The first-order valence-corrected chi connectivity index (χ1v) is 18.2. The Morgan fingerprint density at radius 1 is 0.154 bits per heavy atom. The standard InChI is InChI=1S/C26H14.C26H16/c1-2-8-17-16(7-1)20-11-13-22-18-9-3-5-15-6-4-10-19(24(15)18)23-14-12-21(17)25(20)26(22)23;1-2-9-18-17(7-1)8-5-12-19(18)22-15-16-25-21-11-4-3-10-20(21)23-13-6-14-24(22)26(23)25/h1-14H;1-16H. The summed E-state index contributed by atoms with van der Waals surface area (Å²) < 4.78 is 0. The first-order valence-electron chi connectivity index (χ1n) is 18.2. The molecular weight excluding hydrogens is 625 g/mol. The third kappa shape index (κ3) is 3.66. The summed E-state index contributed by atoms with van der Waals surface area (Å²) in [5, 5.41) is 16.4. The third-order valence-corrected chi connectivity index (χ3v) is 11.8.